The van der Waals surface area contributed by atoms with E-state index in [4.69, 9.17) is 11.2 Å². The highest BCUT2D eigenvalue weighted by molar-refractivity contribution is 6.17. The summed E-state index contributed by atoms with van der Waals surface area (Å²) in [6.07, 6.45) is 5.94. The molecule has 0 saturated heterocycles. The van der Waals surface area contributed by atoms with Crippen molar-refractivity contribution in [3.05, 3.63) is 108 Å². The topological polar surface area (TPSA) is 9.23 Å². The predicted octanol–water partition coefficient (Wildman–Crippen LogP) is 3.82. The quantitative estimate of drug-likeness (QED) is 0.506. The number of benzene rings is 3. The zero-order valence-corrected chi connectivity index (χ0v) is 16.6. The fourth-order valence-corrected chi connectivity index (χ4v) is 4.21. The van der Waals surface area contributed by atoms with Crippen LogP contribution >= 0.6 is 0 Å². The second kappa shape index (κ2) is 7.10. The smallest absolute Gasteiger partial charge is 0.152 e. The van der Waals surface area contributed by atoms with E-state index in [1.165, 1.54) is 0 Å². The molecule has 0 N–H and O–H groups in total. The average Bonchev–Trinajstić information content (AvgIpc) is 2.70. The summed E-state index contributed by atoms with van der Waals surface area (Å²) in [5.41, 5.74) is 2.44. The second-order valence-corrected chi connectivity index (χ2v) is 7.82. The van der Waals surface area contributed by atoms with Crippen LogP contribution in [0.1, 0.15) is 23.6 Å². The summed E-state index contributed by atoms with van der Waals surface area (Å²) < 4.78 is 6.76. The standard InChI is InChI=1S/C23H22OSi/c1-3-22(2,19-13-7-4-8-14-19)24-23(25,20-15-9-5-10-16-20)21-17-11-6-12-18-21/h1,4-18H,2,25H3. The number of hydrogen-bond acceptors (Lipinski definition) is 1. The fraction of sp³-hybridized carbons (Fsp3) is 0.130. The molecule has 1 unspecified atom stereocenters. The lowest BCUT2D eigenvalue weighted by molar-refractivity contribution is -0.0592. The molecule has 3 rings (SSSR count). The molecule has 0 amide bonds. The minimum absolute atomic E-state index is 0.528. The molecule has 2 heteroatoms. The monoisotopic (exact) mass is 342 g/mol. The van der Waals surface area contributed by atoms with E-state index in [9.17, 15) is 0 Å². The highest BCUT2D eigenvalue weighted by Crippen LogP contribution is 2.38. The highest BCUT2D eigenvalue weighted by Gasteiger charge is 2.38. The van der Waals surface area contributed by atoms with Crippen LogP contribution in [0.4, 0.5) is 0 Å². The zero-order valence-electron chi connectivity index (χ0n) is 14.6. The second-order valence-electron chi connectivity index (χ2n) is 6.41. The molecule has 25 heavy (non-hydrogen) atoms. The molecule has 124 valence electrons. The number of hydrogen-bond donors (Lipinski definition) is 0. The van der Waals surface area contributed by atoms with E-state index >= 15 is 0 Å². The molecule has 3 aromatic carbocycles. The summed E-state index contributed by atoms with van der Waals surface area (Å²) >= 11 is 0. The lowest BCUT2D eigenvalue weighted by atomic mass is 9.94. The molecule has 3 aromatic rings. The van der Waals surface area contributed by atoms with Gasteiger partial charge in [0.05, 0.1) is 15.5 Å². The van der Waals surface area contributed by atoms with Crippen molar-refractivity contribution in [1.82, 2.24) is 0 Å². The van der Waals surface area contributed by atoms with Crippen molar-refractivity contribution < 1.29 is 4.74 Å². The van der Waals surface area contributed by atoms with Gasteiger partial charge in [-0.25, -0.2) is 0 Å². The van der Waals surface area contributed by atoms with E-state index in [0.717, 1.165) is 26.9 Å². The lowest BCUT2D eigenvalue weighted by Gasteiger charge is -2.39. The van der Waals surface area contributed by atoms with Crippen molar-refractivity contribution in [2.75, 3.05) is 0 Å². The maximum absolute atomic E-state index is 6.76. The molecule has 0 aliphatic heterocycles. The van der Waals surface area contributed by atoms with Gasteiger partial charge in [0, 0.05) is 0 Å². The molecule has 1 nitrogen and oxygen atoms in total. The molecule has 0 heterocycles. The van der Waals surface area contributed by atoms with Crippen LogP contribution in [0.2, 0.25) is 0 Å². The Morgan fingerprint density at radius 2 is 1.08 bits per heavy atom. The van der Waals surface area contributed by atoms with Crippen LogP contribution < -0.4 is 0 Å². The van der Waals surface area contributed by atoms with Gasteiger partial charge in [-0.05, 0) is 23.6 Å². The van der Waals surface area contributed by atoms with Gasteiger partial charge in [-0.15, -0.1) is 6.42 Å². The summed E-state index contributed by atoms with van der Waals surface area (Å²) in [6, 6.07) is 30.7. The molecule has 0 fully saturated rings. The van der Waals surface area contributed by atoms with Gasteiger partial charge in [0.15, 0.2) is 5.60 Å². The van der Waals surface area contributed by atoms with Crippen LogP contribution in [-0.4, -0.2) is 10.2 Å². The van der Waals surface area contributed by atoms with Crippen LogP contribution in [0.5, 0.6) is 0 Å². The van der Waals surface area contributed by atoms with Gasteiger partial charge >= 0.3 is 0 Å². The number of rotatable bonds is 5. The van der Waals surface area contributed by atoms with Crippen molar-refractivity contribution in [2.24, 2.45) is 0 Å². The Kier molecular flexibility index (Phi) is 4.90. The fourth-order valence-electron chi connectivity index (χ4n) is 3.13. The molecule has 0 saturated carbocycles. The Bertz CT molecular complexity index is 813. The summed E-state index contributed by atoms with van der Waals surface area (Å²) in [7, 11) is 0.762. The molecule has 0 radical (unpaired) electrons. The molecular formula is C23H22OSi. The van der Waals surface area contributed by atoms with Gasteiger partial charge in [-0.2, -0.15) is 0 Å². The van der Waals surface area contributed by atoms with Gasteiger partial charge in [-0.3, -0.25) is 0 Å². The van der Waals surface area contributed by atoms with Crippen LogP contribution in [0.15, 0.2) is 91.0 Å². The van der Waals surface area contributed by atoms with Crippen molar-refractivity contribution in [3.8, 4) is 12.3 Å². The van der Waals surface area contributed by atoms with Crippen molar-refractivity contribution >= 4 is 10.2 Å². The average molecular weight is 343 g/mol. The van der Waals surface area contributed by atoms with Crippen LogP contribution in [-0.2, 0) is 15.6 Å². The summed E-state index contributed by atoms with van der Waals surface area (Å²) in [6.45, 7) is 1.97. The molecule has 0 aromatic heterocycles. The molecule has 0 aliphatic carbocycles. The Morgan fingerprint density at radius 3 is 1.44 bits per heavy atom. The Balaban J connectivity index is 2.12. The third-order valence-corrected chi connectivity index (χ3v) is 6.02. The first kappa shape index (κ1) is 17.2. The Morgan fingerprint density at radius 1 is 0.720 bits per heavy atom. The minimum atomic E-state index is -0.811. The first-order valence-corrected chi connectivity index (χ1v) is 9.43. The maximum atomic E-state index is 6.76. The SMILES string of the molecule is C#CC(C)(OC([SiH3])(c1ccccc1)c1ccccc1)c1ccccc1. The molecular weight excluding hydrogens is 320 g/mol. The van der Waals surface area contributed by atoms with E-state index in [2.05, 4.69) is 30.2 Å². The zero-order chi connectivity index (χ0) is 17.8. The maximum Gasteiger partial charge on any atom is 0.152 e. The number of terminal acetylenes is 1. The molecule has 1 atom stereocenters. The first-order chi connectivity index (χ1) is 12.1. The third kappa shape index (κ3) is 3.44. The Hall–Kier alpha value is -2.60. The minimum Gasteiger partial charge on any atom is -0.347 e. The normalized spacial score (nSPS) is 13.8. The van der Waals surface area contributed by atoms with Crippen LogP contribution in [0.25, 0.3) is 0 Å². The van der Waals surface area contributed by atoms with Gasteiger partial charge in [0.25, 0.3) is 0 Å². The van der Waals surface area contributed by atoms with Crippen molar-refractivity contribution in [3.63, 3.8) is 0 Å². The number of ether oxygens (including phenoxy) is 1. The van der Waals surface area contributed by atoms with E-state index in [1.807, 2.05) is 73.7 Å². The third-order valence-electron chi connectivity index (χ3n) is 4.66. The predicted molar refractivity (Wildman–Crippen MR) is 107 cm³/mol. The van der Waals surface area contributed by atoms with Crippen molar-refractivity contribution in [2.45, 2.75) is 17.7 Å². The van der Waals surface area contributed by atoms with Crippen molar-refractivity contribution in [1.29, 1.82) is 0 Å². The van der Waals surface area contributed by atoms with E-state index < -0.39 is 10.8 Å². The highest BCUT2D eigenvalue weighted by atomic mass is 28.1. The molecule has 0 bridgehead atoms. The van der Waals surface area contributed by atoms with Gasteiger partial charge < -0.3 is 4.74 Å². The Labute approximate surface area is 153 Å². The molecule has 0 spiro atoms. The lowest BCUT2D eigenvalue weighted by Crippen LogP contribution is -2.40. The summed E-state index contributed by atoms with van der Waals surface area (Å²) in [5.74, 6) is 2.89. The van der Waals surface area contributed by atoms with Gasteiger partial charge in [0.2, 0.25) is 0 Å². The van der Waals surface area contributed by atoms with Gasteiger partial charge in [-0.1, -0.05) is 96.9 Å². The van der Waals surface area contributed by atoms with Gasteiger partial charge in [0.1, 0.15) is 0 Å². The van der Waals surface area contributed by atoms with Crippen LogP contribution in [0.3, 0.4) is 0 Å². The first-order valence-electron chi connectivity index (χ1n) is 8.43. The largest absolute Gasteiger partial charge is 0.347 e. The summed E-state index contributed by atoms with van der Waals surface area (Å²) in [4.78, 5) is 0. The van der Waals surface area contributed by atoms with E-state index in [1.54, 1.807) is 0 Å². The summed E-state index contributed by atoms with van der Waals surface area (Å²) in [5, 5.41) is -0.528. The van der Waals surface area contributed by atoms with E-state index in [-0.39, 0.29) is 0 Å². The molecule has 0 aliphatic rings. The van der Waals surface area contributed by atoms with Crippen LogP contribution in [0, 0.1) is 12.3 Å². The van der Waals surface area contributed by atoms with E-state index in [0.29, 0.717) is 0 Å².